The number of guanidine groups is 1. The maximum absolute atomic E-state index is 4.46. The van der Waals surface area contributed by atoms with Crippen molar-refractivity contribution in [1.82, 2.24) is 20.2 Å². The fourth-order valence-electron chi connectivity index (χ4n) is 3.08. The number of benzene rings is 2. The predicted molar refractivity (Wildman–Crippen MR) is 132 cm³/mol. The lowest BCUT2D eigenvalue weighted by molar-refractivity contribution is 0.805. The maximum Gasteiger partial charge on any atom is 0.191 e. The largest absolute Gasteiger partial charge is 0.352 e. The highest BCUT2D eigenvalue weighted by atomic mass is 127. The molecule has 0 aliphatic heterocycles. The monoisotopic (exact) mass is 517 g/mol. The molecular formula is C22H24IN5S. The second-order valence-electron chi connectivity index (χ2n) is 6.59. The molecule has 0 unspecified atom stereocenters. The van der Waals surface area contributed by atoms with Crippen LogP contribution in [0.3, 0.4) is 0 Å². The first-order chi connectivity index (χ1) is 13.8. The molecule has 2 heterocycles. The van der Waals surface area contributed by atoms with Gasteiger partial charge in [-0.15, -0.1) is 24.0 Å². The van der Waals surface area contributed by atoms with E-state index in [1.165, 1.54) is 16.7 Å². The van der Waals surface area contributed by atoms with Gasteiger partial charge in [0.1, 0.15) is 0 Å². The first-order valence-electron chi connectivity index (χ1n) is 9.25. The normalized spacial score (nSPS) is 11.3. The number of nitrogens with zero attached hydrogens (tertiary/aromatic N) is 3. The molecule has 4 aromatic rings. The van der Waals surface area contributed by atoms with E-state index in [0.717, 1.165) is 36.6 Å². The lowest BCUT2D eigenvalue weighted by Crippen LogP contribution is -2.36. The van der Waals surface area contributed by atoms with Crippen molar-refractivity contribution < 1.29 is 0 Å². The highest BCUT2D eigenvalue weighted by Gasteiger charge is 2.03. The van der Waals surface area contributed by atoms with Gasteiger partial charge in [0.2, 0.25) is 0 Å². The number of hydrogen-bond donors (Lipinski definition) is 2. The molecule has 5 nitrogen and oxygen atoms in total. The Morgan fingerprint density at radius 3 is 2.41 bits per heavy atom. The topological polar surface area (TPSA) is 54.2 Å². The highest BCUT2D eigenvalue weighted by molar-refractivity contribution is 14.0. The van der Waals surface area contributed by atoms with Crippen molar-refractivity contribution >= 4 is 52.3 Å². The van der Waals surface area contributed by atoms with E-state index in [0.29, 0.717) is 0 Å². The van der Waals surface area contributed by atoms with Crippen molar-refractivity contribution in [3.05, 3.63) is 88.4 Å². The molecule has 4 rings (SSSR count). The number of aromatic nitrogens is 2. The van der Waals surface area contributed by atoms with Gasteiger partial charge in [0.05, 0.1) is 17.4 Å². The minimum Gasteiger partial charge on any atom is -0.352 e. The van der Waals surface area contributed by atoms with E-state index in [1.807, 2.05) is 18.5 Å². The second-order valence-corrected chi connectivity index (χ2v) is 7.37. The Hall–Kier alpha value is -2.39. The van der Waals surface area contributed by atoms with Gasteiger partial charge in [0, 0.05) is 26.7 Å². The Morgan fingerprint density at radius 2 is 1.69 bits per heavy atom. The SMILES string of the molecule is CN=C(NCc1ccc(Cn2cnc3ccccc32)cc1)NCc1ccsc1.I. The predicted octanol–water partition coefficient (Wildman–Crippen LogP) is 4.63. The quantitative estimate of drug-likeness (QED) is 0.223. The van der Waals surface area contributed by atoms with Crippen molar-refractivity contribution in [3.63, 3.8) is 0 Å². The summed E-state index contributed by atoms with van der Waals surface area (Å²) in [5.41, 5.74) is 5.94. The Balaban J connectivity index is 0.00000240. The van der Waals surface area contributed by atoms with E-state index in [2.05, 4.69) is 78.4 Å². The molecule has 7 heteroatoms. The third-order valence-electron chi connectivity index (χ3n) is 4.63. The molecule has 2 N–H and O–H groups in total. The number of hydrogen-bond acceptors (Lipinski definition) is 3. The van der Waals surface area contributed by atoms with E-state index < -0.39 is 0 Å². The van der Waals surface area contributed by atoms with Crippen molar-refractivity contribution in [2.45, 2.75) is 19.6 Å². The zero-order chi connectivity index (χ0) is 19.2. The number of imidazole rings is 1. The minimum atomic E-state index is 0. The zero-order valence-electron chi connectivity index (χ0n) is 16.2. The van der Waals surface area contributed by atoms with Crippen LogP contribution in [-0.2, 0) is 19.6 Å². The molecule has 0 fully saturated rings. The third kappa shape index (κ3) is 5.57. The Bertz CT molecular complexity index is 1050. The van der Waals surface area contributed by atoms with E-state index >= 15 is 0 Å². The summed E-state index contributed by atoms with van der Waals surface area (Å²) in [6, 6.07) is 19.0. The Morgan fingerprint density at radius 1 is 0.966 bits per heavy atom. The van der Waals surface area contributed by atoms with E-state index in [-0.39, 0.29) is 24.0 Å². The van der Waals surface area contributed by atoms with E-state index in [4.69, 9.17) is 0 Å². The zero-order valence-corrected chi connectivity index (χ0v) is 19.4. The summed E-state index contributed by atoms with van der Waals surface area (Å²) in [6.07, 6.45) is 1.91. The number of halogens is 1. The molecule has 150 valence electrons. The number of aliphatic imine (C=N–C) groups is 1. The van der Waals surface area contributed by atoms with Crippen LogP contribution in [0.4, 0.5) is 0 Å². The lowest BCUT2D eigenvalue weighted by atomic mass is 10.1. The lowest BCUT2D eigenvalue weighted by Gasteiger charge is -2.12. The molecular weight excluding hydrogens is 493 g/mol. The molecule has 0 aliphatic carbocycles. The molecule has 0 atom stereocenters. The summed E-state index contributed by atoms with van der Waals surface area (Å²) in [5.74, 6) is 0.806. The molecule has 0 saturated heterocycles. The smallest absolute Gasteiger partial charge is 0.191 e. The summed E-state index contributed by atoms with van der Waals surface area (Å²) in [7, 11) is 1.79. The van der Waals surface area contributed by atoms with Gasteiger partial charge < -0.3 is 15.2 Å². The van der Waals surface area contributed by atoms with Crippen molar-refractivity contribution in [1.29, 1.82) is 0 Å². The molecule has 2 aromatic heterocycles. The van der Waals surface area contributed by atoms with Crippen molar-refractivity contribution in [3.8, 4) is 0 Å². The van der Waals surface area contributed by atoms with Crippen LogP contribution in [0.25, 0.3) is 11.0 Å². The van der Waals surface area contributed by atoms with Gasteiger partial charge in [-0.25, -0.2) is 4.98 Å². The molecule has 0 bridgehead atoms. The van der Waals surface area contributed by atoms with Gasteiger partial charge >= 0.3 is 0 Å². The molecule has 0 aliphatic rings. The summed E-state index contributed by atoms with van der Waals surface area (Å²) in [6.45, 7) is 2.33. The van der Waals surface area contributed by atoms with Gasteiger partial charge in [-0.3, -0.25) is 4.99 Å². The van der Waals surface area contributed by atoms with Crippen LogP contribution in [0, 0.1) is 0 Å². The number of nitrogens with one attached hydrogen (secondary N) is 2. The van der Waals surface area contributed by atoms with Crippen LogP contribution in [0.2, 0.25) is 0 Å². The fraction of sp³-hybridized carbons (Fsp3) is 0.182. The van der Waals surface area contributed by atoms with Crippen LogP contribution in [-0.4, -0.2) is 22.6 Å². The summed E-state index contributed by atoms with van der Waals surface area (Å²) in [5, 5.41) is 10.9. The summed E-state index contributed by atoms with van der Waals surface area (Å²) < 4.78 is 2.18. The van der Waals surface area contributed by atoms with E-state index in [1.54, 1.807) is 18.4 Å². The molecule has 0 saturated carbocycles. The van der Waals surface area contributed by atoms with Gasteiger partial charge in [-0.05, 0) is 45.6 Å². The number of thiophene rings is 1. The van der Waals surface area contributed by atoms with E-state index in [9.17, 15) is 0 Å². The number of fused-ring (bicyclic) bond motifs is 1. The minimum absolute atomic E-state index is 0. The van der Waals surface area contributed by atoms with Crippen molar-refractivity contribution in [2.75, 3.05) is 7.05 Å². The summed E-state index contributed by atoms with van der Waals surface area (Å²) >= 11 is 1.71. The first-order valence-corrected chi connectivity index (χ1v) is 10.2. The molecule has 29 heavy (non-hydrogen) atoms. The van der Waals surface area contributed by atoms with Gasteiger partial charge in [-0.2, -0.15) is 11.3 Å². The first kappa shape index (κ1) is 21.3. The maximum atomic E-state index is 4.46. The van der Waals surface area contributed by atoms with Crippen LogP contribution in [0.15, 0.2) is 76.7 Å². The number of para-hydroxylation sites is 2. The standard InChI is InChI=1S/C22H23N5S.HI/c1-23-22(25-13-19-10-11-28-15-19)24-12-17-6-8-18(9-7-17)14-27-16-26-20-4-2-3-5-21(20)27;/h2-11,15-16H,12-14H2,1H3,(H2,23,24,25);1H. The van der Waals surface area contributed by atoms with Gasteiger partial charge in [0.25, 0.3) is 0 Å². The van der Waals surface area contributed by atoms with Crippen molar-refractivity contribution in [2.24, 2.45) is 4.99 Å². The molecule has 0 spiro atoms. The average molecular weight is 517 g/mol. The molecule has 2 aromatic carbocycles. The second kappa shape index (κ2) is 10.4. The molecule has 0 amide bonds. The Kier molecular flexibility index (Phi) is 7.65. The van der Waals surface area contributed by atoms with Crippen LogP contribution >= 0.6 is 35.3 Å². The molecule has 0 radical (unpaired) electrons. The van der Waals surface area contributed by atoms with Gasteiger partial charge in [-0.1, -0.05) is 36.4 Å². The number of rotatable bonds is 6. The van der Waals surface area contributed by atoms with Crippen LogP contribution in [0.5, 0.6) is 0 Å². The van der Waals surface area contributed by atoms with Crippen LogP contribution in [0.1, 0.15) is 16.7 Å². The Labute approximate surface area is 191 Å². The average Bonchev–Trinajstić information content (AvgIpc) is 3.40. The van der Waals surface area contributed by atoms with Gasteiger partial charge in [0.15, 0.2) is 5.96 Å². The van der Waals surface area contributed by atoms with Crippen LogP contribution < -0.4 is 10.6 Å². The summed E-state index contributed by atoms with van der Waals surface area (Å²) in [4.78, 5) is 8.75. The fourth-order valence-corrected chi connectivity index (χ4v) is 3.75. The highest BCUT2D eigenvalue weighted by Crippen LogP contribution is 2.14. The third-order valence-corrected chi connectivity index (χ3v) is 5.36.